The number of anilines is 2. The van der Waals surface area contributed by atoms with Crippen LogP contribution >= 0.6 is 0 Å². The Labute approximate surface area is 110 Å². The zero-order valence-electron chi connectivity index (χ0n) is 11.4. The summed E-state index contributed by atoms with van der Waals surface area (Å²) in [4.78, 5) is 0. The number of nitrogens with one attached hydrogen (secondary N) is 1. The normalized spacial score (nSPS) is 16.2. The van der Waals surface area contributed by atoms with Crippen LogP contribution in [0.15, 0.2) is 18.2 Å². The second-order valence-electron chi connectivity index (χ2n) is 5.42. The molecule has 0 radical (unpaired) electrons. The highest BCUT2D eigenvalue weighted by Gasteiger charge is 2.15. The molecule has 1 aromatic carbocycles. The van der Waals surface area contributed by atoms with Gasteiger partial charge in [-0.3, -0.25) is 0 Å². The summed E-state index contributed by atoms with van der Waals surface area (Å²) in [5.74, 6) is 1.58. The highest BCUT2D eigenvalue weighted by atomic mass is 16.5. The van der Waals surface area contributed by atoms with Gasteiger partial charge in [-0.25, -0.2) is 0 Å². The van der Waals surface area contributed by atoms with Crippen molar-refractivity contribution in [3.05, 3.63) is 18.2 Å². The van der Waals surface area contributed by atoms with Crippen LogP contribution in [0.3, 0.4) is 0 Å². The molecule has 18 heavy (non-hydrogen) atoms. The predicted octanol–water partition coefficient (Wildman–Crippen LogP) is 3.66. The summed E-state index contributed by atoms with van der Waals surface area (Å²) < 4.78 is 5.69. The number of hydrogen-bond donors (Lipinski definition) is 2. The van der Waals surface area contributed by atoms with Crippen molar-refractivity contribution >= 4 is 11.4 Å². The average Bonchev–Trinajstić information content (AvgIpc) is 2.83. The van der Waals surface area contributed by atoms with Gasteiger partial charge in [0.15, 0.2) is 0 Å². The van der Waals surface area contributed by atoms with Crippen LogP contribution in [0.25, 0.3) is 0 Å². The zero-order valence-corrected chi connectivity index (χ0v) is 11.4. The first kappa shape index (κ1) is 13.1. The third-order valence-electron chi connectivity index (χ3n) is 3.48. The van der Waals surface area contributed by atoms with Gasteiger partial charge in [-0.15, -0.1) is 0 Å². The molecule has 100 valence electrons. The Morgan fingerprint density at radius 2 is 2.06 bits per heavy atom. The van der Waals surface area contributed by atoms with Gasteiger partial charge in [0.05, 0.1) is 17.5 Å². The first-order valence-corrected chi connectivity index (χ1v) is 6.96. The number of ether oxygens (including phenoxy) is 1. The van der Waals surface area contributed by atoms with E-state index in [4.69, 9.17) is 10.5 Å². The van der Waals surface area contributed by atoms with Crippen LogP contribution in [0.1, 0.15) is 39.5 Å². The van der Waals surface area contributed by atoms with E-state index < -0.39 is 0 Å². The van der Waals surface area contributed by atoms with E-state index >= 15 is 0 Å². The van der Waals surface area contributed by atoms with Crippen molar-refractivity contribution in [3.63, 3.8) is 0 Å². The molecule has 0 amide bonds. The van der Waals surface area contributed by atoms with E-state index in [0.717, 1.165) is 29.6 Å². The Morgan fingerprint density at radius 1 is 1.33 bits per heavy atom. The Kier molecular flexibility index (Phi) is 4.34. The maximum atomic E-state index is 6.13. The zero-order chi connectivity index (χ0) is 13.0. The minimum absolute atomic E-state index is 0.150. The SMILES string of the molecule is CC(C)Oc1cccc(NCC2CCCC2)c1N. The molecule has 1 aliphatic rings. The minimum Gasteiger partial charge on any atom is -0.489 e. The molecule has 0 aromatic heterocycles. The van der Waals surface area contributed by atoms with Gasteiger partial charge in [0.25, 0.3) is 0 Å². The number of rotatable bonds is 5. The number of nitrogen functional groups attached to an aromatic ring is 1. The first-order chi connectivity index (χ1) is 8.66. The van der Waals surface area contributed by atoms with E-state index in [9.17, 15) is 0 Å². The highest BCUT2D eigenvalue weighted by molar-refractivity contribution is 5.72. The molecule has 0 atom stereocenters. The maximum Gasteiger partial charge on any atom is 0.144 e. The average molecular weight is 248 g/mol. The Bertz CT molecular complexity index is 384. The third-order valence-corrected chi connectivity index (χ3v) is 3.48. The van der Waals surface area contributed by atoms with Crippen molar-refractivity contribution in [2.45, 2.75) is 45.6 Å². The van der Waals surface area contributed by atoms with E-state index in [-0.39, 0.29) is 6.10 Å². The topological polar surface area (TPSA) is 47.3 Å². The molecule has 3 nitrogen and oxygen atoms in total. The molecular weight excluding hydrogens is 224 g/mol. The predicted molar refractivity (Wildman–Crippen MR) is 77.1 cm³/mol. The number of nitrogens with two attached hydrogens (primary N) is 1. The van der Waals surface area contributed by atoms with Gasteiger partial charge in [-0.1, -0.05) is 18.9 Å². The van der Waals surface area contributed by atoms with E-state index in [1.165, 1.54) is 25.7 Å². The lowest BCUT2D eigenvalue weighted by atomic mass is 10.1. The minimum atomic E-state index is 0.150. The quantitative estimate of drug-likeness (QED) is 0.782. The number of para-hydroxylation sites is 1. The van der Waals surface area contributed by atoms with Crippen molar-refractivity contribution < 1.29 is 4.74 Å². The fourth-order valence-electron chi connectivity index (χ4n) is 2.52. The Hall–Kier alpha value is -1.38. The van der Waals surface area contributed by atoms with E-state index in [1.807, 2.05) is 32.0 Å². The van der Waals surface area contributed by atoms with Gasteiger partial charge < -0.3 is 15.8 Å². The first-order valence-electron chi connectivity index (χ1n) is 6.96. The lowest BCUT2D eigenvalue weighted by Crippen LogP contribution is -2.13. The van der Waals surface area contributed by atoms with Crippen LogP contribution in [0.4, 0.5) is 11.4 Å². The Balaban J connectivity index is 1.98. The second-order valence-corrected chi connectivity index (χ2v) is 5.42. The van der Waals surface area contributed by atoms with Gasteiger partial charge in [-0.2, -0.15) is 0 Å². The summed E-state index contributed by atoms with van der Waals surface area (Å²) in [5.41, 5.74) is 7.86. The molecule has 0 spiro atoms. The van der Waals surface area contributed by atoms with Crippen molar-refractivity contribution in [3.8, 4) is 5.75 Å². The van der Waals surface area contributed by atoms with Gasteiger partial charge in [0, 0.05) is 6.54 Å². The summed E-state index contributed by atoms with van der Waals surface area (Å²) >= 11 is 0. The van der Waals surface area contributed by atoms with Crippen molar-refractivity contribution in [1.82, 2.24) is 0 Å². The highest BCUT2D eigenvalue weighted by Crippen LogP contribution is 2.31. The molecule has 2 rings (SSSR count). The number of hydrogen-bond acceptors (Lipinski definition) is 3. The Morgan fingerprint density at radius 3 is 2.72 bits per heavy atom. The monoisotopic (exact) mass is 248 g/mol. The third kappa shape index (κ3) is 3.31. The molecular formula is C15H24N2O. The fraction of sp³-hybridized carbons (Fsp3) is 0.600. The van der Waals surface area contributed by atoms with Crippen molar-refractivity contribution in [2.24, 2.45) is 5.92 Å². The second kappa shape index (κ2) is 5.98. The molecule has 1 aromatic rings. The molecule has 0 bridgehead atoms. The summed E-state index contributed by atoms with van der Waals surface area (Å²) in [6.07, 6.45) is 5.58. The van der Waals surface area contributed by atoms with Gasteiger partial charge in [-0.05, 0) is 44.7 Å². The van der Waals surface area contributed by atoms with Crippen LogP contribution in [0, 0.1) is 5.92 Å². The van der Waals surface area contributed by atoms with Gasteiger partial charge >= 0.3 is 0 Å². The van der Waals surface area contributed by atoms with E-state index in [2.05, 4.69) is 5.32 Å². The van der Waals surface area contributed by atoms with E-state index in [0.29, 0.717) is 0 Å². The maximum absolute atomic E-state index is 6.13. The number of benzene rings is 1. The largest absolute Gasteiger partial charge is 0.489 e. The van der Waals surface area contributed by atoms with Crippen LogP contribution in [-0.4, -0.2) is 12.6 Å². The molecule has 1 saturated carbocycles. The summed E-state index contributed by atoms with van der Waals surface area (Å²) in [7, 11) is 0. The smallest absolute Gasteiger partial charge is 0.144 e. The standard InChI is InChI=1S/C15H24N2O/c1-11(2)18-14-9-5-8-13(15(14)16)17-10-12-6-3-4-7-12/h5,8-9,11-12,17H,3-4,6-7,10,16H2,1-2H3. The van der Waals surface area contributed by atoms with Crippen LogP contribution < -0.4 is 15.8 Å². The molecule has 1 fully saturated rings. The fourth-order valence-corrected chi connectivity index (χ4v) is 2.52. The molecule has 3 heteroatoms. The molecule has 1 aliphatic carbocycles. The van der Waals surface area contributed by atoms with Gasteiger partial charge in [0.1, 0.15) is 5.75 Å². The van der Waals surface area contributed by atoms with Crippen LogP contribution in [0.2, 0.25) is 0 Å². The van der Waals surface area contributed by atoms with Crippen molar-refractivity contribution in [1.29, 1.82) is 0 Å². The summed E-state index contributed by atoms with van der Waals surface area (Å²) in [6.45, 7) is 5.05. The molecule has 0 unspecified atom stereocenters. The lowest BCUT2D eigenvalue weighted by Gasteiger charge is -2.17. The van der Waals surface area contributed by atoms with E-state index in [1.54, 1.807) is 0 Å². The van der Waals surface area contributed by atoms with Crippen molar-refractivity contribution in [2.75, 3.05) is 17.6 Å². The summed E-state index contributed by atoms with van der Waals surface area (Å²) in [5, 5.41) is 3.46. The molecule has 0 heterocycles. The van der Waals surface area contributed by atoms with Crippen LogP contribution in [0.5, 0.6) is 5.75 Å². The molecule has 3 N–H and O–H groups in total. The molecule has 0 saturated heterocycles. The van der Waals surface area contributed by atoms with Gasteiger partial charge in [0.2, 0.25) is 0 Å². The summed E-state index contributed by atoms with van der Waals surface area (Å²) in [6, 6.07) is 5.94. The lowest BCUT2D eigenvalue weighted by molar-refractivity contribution is 0.244. The molecule has 0 aliphatic heterocycles. The van der Waals surface area contributed by atoms with Crippen LogP contribution in [-0.2, 0) is 0 Å².